The van der Waals surface area contributed by atoms with Gasteiger partial charge in [-0.3, -0.25) is 0 Å². The van der Waals surface area contributed by atoms with Crippen molar-refractivity contribution >= 4 is 39.7 Å². The van der Waals surface area contributed by atoms with E-state index in [0.717, 1.165) is 27.8 Å². The van der Waals surface area contributed by atoms with E-state index in [4.69, 9.17) is 34.4 Å². The molecule has 0 aliphatic rings. The van der Waals surface area contributed by atoms with Crippen LogP contribution in [0.2, 0.25) is 10.0 Å². The molecule has 0 aliphatic heterocycles. The van der Waals surface area contributed by atoms with E-state index < -0.39 is 0 Å². The van der Waals surface area contributed by atoms with Gasteiger partial charge >= 0.3 is 0 Å². The van der Waals surface area contributed by atoms with Crippen molar-refractivity contribution in [1.29, 1.82) is 0 Å². The predicted octanol–water partition coefficient (Wildman–Crippen LogP) is 5.77. The molecule has 0 saturated carbocycles. The molecule has 0 aliphatic carbocycles. The van der Waals surface area contributed by atoms with Crippen LogP contribution in [0.25, 0.3) is 10.8 Å². The van der Waals surface area contributed by atoms with E-state index in [1.54, 1.807) is 12.1 Å². The Bertz CT molecular complexity index is 915. The van der Waals surface area contributed by atoms with E-state index in [1.165, 1.54) is 0 Å². The van der Waals surface area contributed by atoms with Gasteiger partial charge in [-0.25, -0.2) is 0 Å². The molecule has 2 nitrogen and oxygen atoms in total. The van der Waals surface area contributed by atoms with Crippen LogP contribution in [0.3, 0.4) is 0 Å². The molecule has 3 aromatic rings. The van der Waals surface area contributed by atoms with Gasteiger partial charge in [0.15, 0.2) is 0 Å². The Balaban J connectivity index is 1.93. The van der Waals surface area contributed by atoms with Crippen LogP contribution >= 0.6 is 23.2 Å². The third-order valence-electron chi connectivity index (χ3n) is 3.70. The smallest absolute Gasteiger partial charge is 0.148 e. The minimum atomic E-state index is 0.234. The van der Waals surface area contributed by atoms with Crippen molar-refractivity contribution in [1.82, 2.24) is 0 Å². The van der Waals surface area contributed by atoms with Gasteiger partial charge in [-0.1, -0.05) is 59.5 Å². The molecule has 24 heavy (non-hydrogen) atoms. The van der Waals surface area contributed by atoms with Crippen LogP contribution < -0.4 is 10.1 Å². The Hall–Kier alpha value is -2.34. The monoisotopic (exact) mass is 355 g/mol. The zero-order valence-corrected chi connectivity index (χ0v) is 14.4. The maximum absolute atomic E-state index is 6.07. The summed E-state index contributed by atoms with van der Waals surface area (Å²) in [5.74, 6) is 3.28. The zero-order valence-electron chi connectivity index (χ0n) is 12.9. The second-order valence-corrected chi connectivity index (χ2v) is 6.05. The maximum Gasteiger partial charge on any atom is 0.148 e. The topological polar surface area (TPSA) is 21.3 Å². The third-order valence-corrected chi connectivity index (χ3v) is 4.44. The standard InChI is InChI=1S/C20H15Cl2NO/c1-2-11-24-20-10-7-14-5-3-4-6-16(14)17(20)13-23-15-8-9-18(21)19(22)12-15/h1,3-10,12,23H,11,13H2. The number of terminal acetylenes is 1. The Labute approximate surface area is 151 Å². The van der Waals surface area contributed by atoms with Crippen LogP contribution in [0, 0.1) is 12.3 Å². The lowest BCUT2D eigenvalue weighted by Crippen LogP contribution is -2.04. The number of fused-ring (bicyclic) bond motifs is 1. The van der Waals surface area contributed by atoms with Crippen LogP contribution in [-0.2, 0) is 6.54 Å². The van der Waals surface area contributed by atoms with Crippen molar-refractivity contribution in [2.24, 2.45) is 0 Å². The lowest BCUT2D eigenvalue weighted by molar-refractivity contribution is 0.367. The Kier molecular flexibility index (Phi) is 5.15. The van der Waals surface area contributed by atoms with Crippen LogP contribution in [0.4, 0.5) is 5.69 Å². The molecule has 0 aromatic heterocycles. The zero-order chi connectivity index (χ0) is 16.9. The molecule has 0 fully saturated rings. The Morgan fingerprint density at radius 3 is 2.62 bits per heavy atom. The molecule has 3 aromatic carbocycles. The van der Waals surface area contributed by atoms with Gasteiger partial charge < -0.3 is 10.1 Å². The summed E-state index contributed by atoms with van der Waals surface area (Å²) >= 11 is 12.0. The Morgan fingerprint density at radius 2 is 1.83 bits per heavy atom. The number of benzene rings is 3. The number of hydrogen-bond donors (Lipinski definition) is 1. The first-order chi connectivity index (χ1) is 11.7. The first kappa shape index (κ1) is 16.5. The van der Waals surface area contributed by atoms with Crippen molar-refractivity contribution in [2.75, 3.05) is 11.9 Å². The van der Waals surface area contributed by atoms with Crippen molar-refractivity contribution in [2.45, 2.75) is 6.54 Å². The predicted molar refractivity (Wildman–Crippen MR) is 102 cm³/mol. The average molecular weight is 356 g/mol. The fraction of sp³-hybridized carbons (Fsp3) is 0.100. The Morgan fingerprint density at radius 1 is 1.00 bits per heavy atom. The number of nitrogens with one attached hydrogen (secondary N) is 1. The molecule has 3 rings (SSSR count). The molecule has 0 amide bonds. The largest absolute Gasteiger partial charge is 0.481 e. The third kappa shape index (κ3) is 3.59. The molecular formula is C20H15Cl2NO. The molecule has 0 heterocycles. The molecule has 0 saturated heterocycles. The molecule has 0 unspecified atom stereocenters. The van der Waals surface area contributed by atoms with Crippen LogP contribution in [-0.4, -0.2) is 6.61 Å². The fourth-order valence-corrected chi connectivity index (χ4v) is 2.85. The van der Waals surface area contributed by atoms with Gasteiger partial charge in [-0.15, -0.1) is 6.42 Å². The molecule has 0 bridgehead atoms. The lowest BCUT2D eigenvalue weighted by Gasteiger charge is -2.15. The highest BCUT2D eigenvalue weighted by Crippen LogP contribution is 2.30. The quantitative estimate of drug-likeness (QED) is 0.586. The summed E-state index contributed by atoms with van der Waals surface area (Å²) in [6, 6.07) is 17.6. The summed E-state index contributed by atoms with van der Waals surface area (Å²) < 4.78 is 5.70. The van der Waals surface area contributed by atoms with Gasteiger partial charge in [0, 0.05) is 17.8 Å². The summed E-state index contributed by atoms with van der Waals surface area (Å²) in [6.45, 7) is 0.817. The minimum absolute atomic E-state index is 0.234. The van der Waals surface area contributed by atoms with Gasteiger partial charge in [-0.2, -0.15) is 0 Å². The summed E-state index contributed by atoms with van der Waals surface area (Å²) in [7, 11) is 0. The SMILES string of the molecule is C#CCOc1ccc2ccccc2c1CNc1ccc(Cl)c(Cl)c1. The summed E-state index contributed by atoms with van der Waals surface area (Å²) in [5.41, 5.74) is 1.94. The summed E-state index contributed by atoms with van der Waals surface area (Å²) in [5, 5.41) is 6.69. The molecule has 0 spiro atoms. The minimum Gasteiger partial charge on any atom is -0.481 e. The van der Waals surface area contributed by atoms with Crippen LogP contribution in [0.5, 0.6) is 5.75 Å². The maximum atomic E-state index is 6.07. The van der Waals surface area contributed by atoms with Gasteiger partial charge in [0.1, 0.15) is 12.4 Å². The summed E-state index contributed by atoms with van der Waals surface area (Å²) in [6.07, 6.45) is 5.32. The first-order valence-corrected chi connectivity index (χ1v) is 8.20. The highest BCUT2D eigenvalue weighted by Gasteiger charge is 2.09. The van der Waals surface area contributed by atoms with E-state index in [2.05, 4.69) is 23.4 Å². The second-order valence-electron chi connectivity index (χ2n) is 5.24. The first-order valence-electron chi connectivity index (χ1n) is 7.45. The molecular weight excluding hydrogens is 341 g/mol. The molecule has 120 valence electrons. The van der Waals surface area contributed by atoms with E-state index in [0.29, 0.717) is 16.6 Å². The fourth-order valence-electron chi connectivity index (χ4n) is 2.55. The normalized spacial score (nSPS) is 10.4. The van der Waals surface area contributed by atoms with Gasteiger partial charge in [0.25, 0.3) is 0 Å². The van der Waals surface area contributed by atoms with E-state index in [-0.39, 0.29) is 6.61 Å². The van der Waals surface area contributed by atoms with Crippen molar-refractivity contribution in [3.8, 4) is 18.1 Å². The van der Waals surface area contributed by atoms with Gasteiger partial charge in [-0.05, 0) is 35.0 Å². The van der Waals surface area contributed by atoms with Crippen LogP contribution in [0.15, 0.2) is 54.6 Å². The van der Waals surface area contributed by atoms with E-state index >= 15 is 0 Å². The van der Waals surface area contributed by atoms with Crippen LogP contribution in [0.1, 0.15) is 5.56 Å². The average Bonchev–Trinajstić information content (AvgIpc) is 2.61. The number of ether oxygens (including phenoxy) is 1. The van der Waals surface area contributed by atoms with Gasteiger partial charge in [0.05, 0.1) is 10.0 Å². The highest BCUT2D eigenvalue weighted by atomic mass is 35.5. The number of rotatable bonds is 5. The number of anilines is 1. The number of halogens is 2. The molecule has 1 N–H and O–H groups in total. The molecule has 0 atom stereocenters. The molecule has 4 heteroatoms. The van der Waals surface area contributed by atoms with Crippen molar-refractivity contribution < 1.29 is 4.74 Å². The van der Waals surface area contributed by atoms with Crippen molar-refractivity contribution in [3.63, 3.8) is 0 Å². The van der Waals surface area contributed by atoms with Crippen molar-refractivity contribution in [3.05, 3.63) is 70.2 Å². The van der Waals surface area contributed by atoms with E-state index in [1.807, 2.05) is 30.3 Å². The molecule has 0 radical (unpaired) electrons. The summed E-state index contributed by atoms with van der Waals surface area (Å²) in [4.78, 5) is 0. The highest BCUT2D eigenvalue weighted by molar-refractivity contribution is 6.42. The lowest BCUT2D eigenvalue weighted by atomic mass is 10.0. The van der Waals surface area contributed by atoms with E-state index in [9.17, 15) is 0 Å². The van der Waals surface area contributed by atoms with Gasteiger partial charge in [0.2, 0.25) is 0 Å². The number of hydrogen-bond acceptors (Lipinski definition) is 2. The second kappa shape index (κ2) is 7.49.